The van der Waals surface area contributed by atoms with Crippen molar-refractivity contribution < 1.29 is 17.9 Å². The van der Waals surface area contributed by atoms with Crippen molar-refractivity contribution in [1.29, 1.82) is 0 Å². The Hall–Kier alpha value is -3.50. The smallest absolute Gasteiger partial charge is 0.285 e. The minimum absolute atomic E-state index is 0.0293. The summed E-state index contributed by atoms with van der Waals surface area (Å²) in [5, 5.41) is 8.45. The maximum Gasteiger partial charge on any atom is 0.285 e. The van der Waals surface area contributed by atoms with Crippen LogP contribution in [0.1, 0.15) is 74.0 Å². The van der Waals surface area contributed by atoms with E-state index in [1.54, 1.807) is 12.1 Å². The van der Waals surface area contributed by atoms with Gasteiger partial charge in [-0.15, -0.1) is 10.2 Å². The van der Waals surface area contributed by atoms with Gasteiger partial charge in [0.1, 0.15) is 5.75 Å². The number of amides is 1. The van der Waals surface area contributed by atoms with Crippen LogP contribution in [0.3, 0.4) is 0 Å². The molecule has 1 N–H and O–H groups in total. The number of nitrogens with zero attached hydrogens (tertiary/aromatic N) is 4. The molecule has 2 heterocycles. The lowest BCUT2D eigenvalue weighted by Gasteiger charge is -2.56. The van der Waals surface area contributed by atoms with E-state index in [1.807, 2.05) is 19.1 Å². The van der Waals surface area contributed by atoms with Gasteiger partial charge >= 0.3 is 0 Å². The molecule has 4 bridgehead atoms. The number of aryl methyl sites for hydroxylation is 1. The third-order valence-electron chi connectivity index (χ3n) is 10.9. The lowest BCUT2D eigenvalue weighted by Crippen LogP contribution is -2.51. The van der Waals surface area contributed by atoms with Crippen molar-refractivity contribution in [2.45, 2.75) is 65.3 Å². The highest BCUT2D eigenvalue weighted by atomic mass is 32.2. The minimum Gasteiger partial charge on any atom is -0.494 e. The second-order valence-electron chi connectivity index (χ2n) is 14.4. The molecule has 0 radical (unpaired) electrons. The summed E-state index contributed by atoms with van der Waals surface area (Å²) in [5.41, 5.74) is 4.92. The summed E-state index contributed by atoms with van der Waals surface area (Å²) in [6.45, 7) is 9.10. The molecule has 0 unspecified atom stereocenters. The van der Waals surface area contributed by atoms with Gasteiger partial charge in [0.15, 0.2) is 11.5 Å². The van der Waals surface area contributed by atoms with Gasteiger partial charge in [-0.2, -0.15) is 0 Å². The van der Waals surface area contributed by atoms with Crippen molar-refractivity contribution in [3.05, 3.63) is 71.4 Å². The normalized spacial score (nSPS) is 25.6. The fourth-order valence-electron chi connectivity index (χ4n) is 9.31. The number of nitrogens with one attached hydrogen (secondary N) is 1. The summed E-state index contributed by atoms with van der Waals surface area (Å²) in [7, 11) is -3.77. The van der Waals surface area contributed by atoms with Crippen LogP contribution >= 0.6 is 0 Å². The van der Waals surface area contributed by atoms with Gasteiger partial charge in [-0.3, -0.25) is 9.69 Å². The average Bonchev–Trinajstić information content (AvgIpc) is 3.04. The Balaban J connectivity index is 0.921. The molecule has 4 saturated carbocycles. The van der Waals surface area contributed by atoms with E-state index in [9.17, 15) is 13.2 Å². The molecular weight excluding hydrogens is 611 g/mol. The first-order valence-corrected chi connectivity index (χ1v) is 19.1. The molecule has 1 aliphatic heterocycles. The molecule has 0 spiro atoms. The monoisotopic (exact) mass is 657 g/mol. The molecule has 47 heavy (non-hydrogen) atoms. The molecule has 1 aromatic heterocycles. The molecule has 1 saturated heterocycles. The van der Waals surface area contributed by atoms with E-state index in [1.165, 1.54) is 36.0 Å². The van der Waals surface area contributed by atoms with E-state index in [2.05, 4.69) is 62.0 Å². The van der Waals surface area contributed by atoms with Crippen LogP contribution in [0, 0.1) is 23.2 Å². The molecule has 9 nitrogen and oxygen atoms in total. The van der Waals surface area contributed by atoms with Gasteiger partial charge < -0.3 is 9.64 Å². The molecule has 5 aliphatic rings. The van der Waals surface area contributed by atoms with Crippen LogP contribution in [-0.2, 0) is 23.0 Å². The first-order chi connectivity index (χ1) is 22.7. The fourth-order valence-corrected chi connectivity index (χ4v) is 10.9. The number of hydrogen-bond acceptors (Lipinski definition) is 8. The molecular formula is C37H47N5O4S. The third-order valence-corrected chi connectivity index (χ3v) is 12.4. The number of rotatable bonds is 11. The molecule has 5 fully saturated rings. The topological polar surface area (TPSA) is 105 Å². The maximum absolute atomic E-state index is 13.1. The molecule has 8 rings (SSSR count). The van der Waals surface area contributed by atoms with Crippen LogP contribution in [0.15, 0.2) is 54.6 Å². The Morgan fingerprint density at radius 3 is 2.21 bits per heavy atom. The number of aromatic nitrogens is 2. The van der Waals surface area contributed by atoms with E-state index in [4.69, 9.17) is 4.74 Å². The highest BCUT2D eigenvalue weighted by molar-refractivity contribution is 7.90. The number of sulfonamides is 1. The van der Waals surface area contributed by atoms with E-state index < -0.39 is 15.9 Å². The molecule has 2 aromatic carbocycles. The first kappa shape index (κ1) is 32.1. The van der Waals surface area contributed by atoms with Gasteiger partial charge in [-0.25, -0.2) is 13.1 Å². The summed E-state index contributed by atoms with van der Waals surface area (Å²) >= 11 is 0. The quantitative estimate of drug-likeness (QED) is 0.280. The van der Waals surface area contributed by atoms with Crippen molar-refractivity contribution in [1.82, 2.24) is 19.8 Å². The molecule has 0 atom stereocenters. The predicted molar refractivity (Wildman–Crippen MR) is 184 cm³/mol. The molecule has 1 amide bonds. The molecule has 10 heteroatoms. The Kier molecular flexibility index (Phi) is 9.00. The average molecular weight is 658 g/mol. The molecule has 4 aliphatic carbocycles. The number of piperazine rings is 1. The standard InChI is InChI=1S/C37H47N5O4S/c1-3-29-19-31(30-6-5-7-33(20-30)46-4-2)8-9-32(29)24-41-12-14-42(15-13-41)35-11-10-34(38-39-35)36(43)40-47(44,45)25-37-21-26-16-27(22-37)18-28(17-26)23-37/h5-11,19-20,26-28H,3-4,12-18,21-25H2,1-2H3,(H,40,43). The highest BCUT2D eigenvalue weighted by Crippen LogP contribution is 2.60. The van der Waals surface area contributed by atoms with Gasteiger partial charge in [0, 0.05) is 32.7 Å². The predicted octanol–water partition coefficient (Wildman–Crippen LogP) is 5.70. The minimum atomic E-state index is -3.77. The summed E-state index contributed by atoms with van der Waals surface area (Å²) in [4.78, 5) is 17.6. The van der Waals surface area contributed by atoms with Crippen LogP contribution in [0.2, 0.25) is 0 Å². The van der Waals surface area contributed by atoms with E-state index in [0.29, 0.717) is 30.2 Å². The second-order valence-corrected chi connectivity index (χ2v) is 16.2. The van der Waals surface area contributed by atoms with E-state index in [0.717, 1.165) is 69.7 Å². The van der Waals surface area contributed by atoms with Gasteiger partial charge in [0.05, 0.1) is 12.4 Å². The SMILES string of the molecule is CCOc1cccc(-c2ccc(CN3CCN(c4ccc(C(=O)NS(=O)(=O)CC56CC7CC(CC(C7)C5)C6)nn4)CC3)c(CC)c2)c1. The fraction of sp³-hybridized carbons (Fsp3) is 0.541. The summed E-state index contributed by atoms with van der Waals surface area (Å²) in [6.07, 6.45) is 7.66. The lowest BCUT2D eigenvalue weighted by atomic mass is 9.50. The van der Waals surface area contributed by atoms with Crippen molar-refractivity contribution in [3.8, 4) is 16.9 Å². The van der Waals surface area contributed by atoms with Crippen molar-refractivity contribution >= 4 is 21.7 Å². The van der Waals surface area contributed by atoms with Gasteiger partial charge in [-0.05, 0) is 122 Å². The summed E-state index contributed by atoms with van der Waals surface area (Å²) in [5.74, 6) is 2.90. The van der Waals surface area contributed by atoms with Crippen LogP contribution in [0.25, 0.3) is 11.1 Å². The maximum atomic E-state index is 13.1. The lowest BCUT2D eigenvalue weighted by molar-refractivity contribution is -0.0391. The zero-order chi connectivity index (χ0) is 32.6. The van der Waals surface area contributed by atoms with Crippen molar-refractivity contribution in [3.63, 3.8) is 0 Å². The van der Waals surface area contributed by atoms with Crippen LogP contribution < -0.4 is 14.4 Å². The first-order valence-electron chi connectivity index (χ1n) is 17.4. The zero-order valence-corrected chi connectivity index (χ0v) is 28.5. The highest BCUT2D eigenvalue weighted by Gasteiger charge is 2.52. The van der Waals surface area contributed by atoms with Crippen molar-refractivity contribution in [2.75, 3.05) is 43.4 Å². The zero-order valence-electron chi connectivity index (χ0n) is 27.7. The van der Waals surface area contributed by atoms with Crippen LogP contribution in [0.4, 0.5) is 5.82 Å². The number of benzene rings is 2. The van der Waals surface area contributed by atoms with Gasteiger partial charge in [-0.1, -0.05) is 37.3 Å². The Labute approximate surface area is 279 Å². The van der Waals surface area contributed by atoms with E-state index in [-0.39, 0.29) is 16.9 Å². The van der Waals surface area contributed by atoms with Gasteiger partial charge in [0.2, 0.25) is 10.0 Å². The van der Waals surface area contributed by atoms with Crippen molar-refractivity contribution in [2.24, 2.45) is 23.2 Å². The second kappa shape index (κ2) is 13.2. The number of carbonyl (C=O) groups is 1. The van der Waals surface area contributed by atoms with Crippen LogP contribution in [0.5, 0.6) is 5.75 Å². The van der Waals surface area contributed by atoms with E-state index >= 15 is 0 Å². The molecule has 3 aromatic rings. The Bertz CT molecular complexity index is 1670. The third kappa shape index (κ3) is 7.18. The molecule has 250 valence electrons. The Morgan fingerprint density at radius 2 is 1.57 bits per heavy atom. The Morgan fingerprint density at radius 1 is 0.872 bits per heavy atom. The van der Waals surface area contributed by atoms with Crippen LogP contribution in [-0.4, -0.2) is 68.0 Å². The number of hydrogen-bond donors (Lipinski definition) is 1. The number of ether oxygens (including phenoxy) is 1. The summed E-state index contributed by atoms with van der Waals surface area (Å²) in [6, 6.07) is 18.4. The van der Waals surface area contributed by atoms with Gasteiger partial charge in [0.25, 0.3) is 5.91 Å². The number of anilines is 1. The summed E-state index contributed by atoms with van der Waals surface area (Å²) < 4.78 is 34.3. The number of carbonyl (C=O) groups excluding carboxylic acids is 1. The largest absolute Gasteiger partial charge is 0.494 e.